The van der Waals surface area contributed by atoms with E-state index in [9.17, 15) is 9.59 Å². The molecule has 0 radical (unpaired) electrons. The molecular weight excluding hydrogens is 262 g/mol. The average molecular weight is 283 g/mol. The molecule has 19 heavy (non-hydrogen) atoms. The molecule has 0 atom stereocenters. The van der Waals surface area contributed by atoms with Crippen molar-refractivity contribution in [3.05, 3.63) is 16.3 Å². The summed E-state index contributed by atoms with van der Waals surface area (Å²) < 4.78 is 0. The van der Waals surface area contributed by atoms with Gasteiger partial charge in [-0.3, -0.25) is 9.59 Å². The van der Waals surface area contributed by atoms with Crippen LogP contribution in [0.25, 0.3) is 0 Å². The summed E-state index contributed by atoms with van der Waals surface area (Å²) in [7, 11) is 0. The lowest BCUT2D eigenvalue weighted by Crippen LogP contribution is -2.28. The lowest BCUT2D eigenvalue weighted by molar-refractivity contribution is -0.121. The van der Waals surface area contributed by atoms with Gasteiger partial charge >= 0.3 is 0 Å². The van der Waals surface area contributed by atoms with E-state index in [4.69, 9.17) is 0 Å². The van der Waals surface area contributed by atoms with Gasteiger partial charge in [-0.15, -0.1) is 11.3 Å². The van der Waals surface area contributed by atoms with Crippen LogP contribution < -0.4 is 16.0 Å². The highest BCUT2D eigenvalue weighted by Gasteiger charge is 2.05. The molecule has 0 aromatic carbocycles. The smallest absolute Gasteiger partial charge is 0.221 e. The molecule has 0 aliphatic heterocycles. The topological polar surface area (TPSA) is 70.2 Å². The minimum atomic E-state index is -0.0707. The van der Waals surface area contributed by atoms with Crippen LogP contribution in [0.3, 0.4) is 0 Å². The van der Waals surface area contributed by atoms with E-state index in [-0.39, 0.29) is 11.8 Å². The van der Waals surface area contributed by atoms with Crippen molar-refractivity contribution in [2.45, 2.75) is 33.2 Å². The summed E-state index contributed by atoms with van der Waals surface area (Å²) in [5.41, 5.74) is 0.848. The van der Waals surface area contributed by atoms with Crippen LogP contribution in [0.4, 0.5) is 5.69 Å². The number of carbonyl (C=O) groups excluding carboxylic acids is 2. The zero-order valence-corrected chi connectivity index (χ0v) is 12.2. The van der Waals surface area contributed by atoms with Gasteiger partial charge in [-0.1, -0.05) is 6.92 Å². The quantitative estimate of drug-likeness (QED) is 0.636. The Labute approximate surface area is 117 Å². The van der Waals surface area contributed by atoms with Crippen molar-refractivity contribution in [3.8, 4) is 0 Å². The third kappa shape index (κ3) is 6.35. The Balaban J connectivity index is 2.24. The molecule has 0 fully saturated rings. The zero-order chi connectivity index (χ0) is 14.1. The Morgan fingerprint density at radius 1 is 1.32 bits per heavy atom. The Bertz CT molecular complexity index is 418. The van der Waals surface area contributed by atoms with Crippen molar-refractivity contribution in [2.24, 2.45) is 0 Å². The molecular formula is C13H21N3O2S. The summed E-state index contributed by atoms with van der Waals surface area (Å²) in [6.45, 7) is 5.55. The maximum Gasteiger partial charge on any atom is 0.221 e. The number of rotatable bonds is 8. The Hall–Kier alpha value is -1.40. The molecule has 0 unspecified atom stereocenters. The van der Waals surface area contributed by atoms with Gasteiger partial charge in [0.15, 0.2) is 0 Å². The minimum Gasteiger partial charge on any atom is -0.356 e. The molecule has 0 saturated heterocycles. The van der Waals surface area contributed by atoms with E-state index in [1.807, 2.05) is 18.4 Å². The molecule has 3 N–H and O–H groups in total. The van der Waals surface area contributed by atoms with E-state index in [0.29, 0.717) is 19.5 Å². The monoisotopic (exact) mass is 283 g/mol. The van der Waals surface area contributed by atoms with Gasteiger partial charge in [-0.05, 0) is 17.9 Å². The first-order chi connectivity index (χ1) is 9.13. The fourth-order valence-corrected chi connectivity index (χ4v) is 2.34. The molecule has 0 spiro atoms. The highest BCUT2D eigenvalue weighted by atomic mass is 32.1. The standard InChI is InChI=1S/C13H21N3O2S/c1-3-6-15-13(18)4-7-14-9-12-11(5-8-19-12)16-10(2)17/h5,8,14H,3-4,6-7,9H2,1-2H3,(H,15,18)(H,16,17). The van der Waals surface area contributed by atoms with E-state index in [1.54, 1.807) is 11.3 Å². The van der Waals surface area contributed by atoms with Crippen LogP contribution in [0.2, 0.25) is 0 Å². The largest absolute Gasteiger partial charge is 0.356 e. The van der Waals surface area contributed by atoms with E-state index in [1.165, 1.54) is 6.92 Å². The number of carbonyl (C=O) groups is 2. The summed E-state index contributed by atoms with van der Waals surface area (Å²) in [6, 6.07) is 1.89. The van der Waals surface area contributed by atoms with Gasteiger partial charge in [0, 0.05) is 37.9 Å². The molecule has 1 aromatic rings. The molecule has 0 bridgehead atoms. The third-order valence-electron chi connectivity index (χ3n) is 2.44. The predicted molar refractivity (Wildman–Crippen MR) is 78.2 cm³/mol. The summed E-state index contributed by atoms with van der Waals surface area (Å²) in [5, 5.41) is 10.8. The second-order valence-electron chi connectivity index (χ2n) is 4.22. The van der Waals surface area contributed by atoms with Crippen molar-refractivity contribution < 1.29 is 9.59 Å². The zero-order valence-electron chi connectivity index (χ0n) is 11.4. The lowest BCUT2D eigenvalue weighted by atomic mass is 10.3. The van der Waals surface area contributed by atoms with E-state index < -0.39 is 0 Å². The molecule has 1 heterocycles. The lowest BCUT2D eigenvalue weighted by Gasteiger charge is -2.07. The fourth-order valence-electron chi connectivity index (χ4n) is 1.54. The highest BCUT2D eigenvalue weighted by Crippen LogP contribution is 2.21. The van der Waals surface area contributed by atoms with Crippen molar-refractivity contribution >= 4 is 28.8 Å². The normalized spacial score (nSPS) is 10.2. The van der Waals surface area contributed by atoms with Crippen LogP contribution in [0.1, 0.15) is 31.6 Å². The van der Waals surface area contributed by atoms with Crippen LogP contribution in [0.15, 0.2) is 11.4 Å². The first-order valence-corrected chi connectivity index (χ1v) is 7.32. The Kier molecular flexibility index (Phi) is 7.14. The molecule has 0 aliphatic rings. The SMILES string of the molecule is CCCNC(=O)CCNCc1sccc1NC(C)=O. The van der Waals surface area contributed by atoms with Crippen LogP contribution >= 0.6 is 11.3 Å². The molecule has 6 heteroatoms. The molecule has 1 rings (SSSR count). The first-order valence-electron chi connectivity index (χ1n) is 6.44. The Morgan fingerprint density at radius 3 is 2.79 bits per heavy atom. The molecule has 1 aromatic heterocycles. The maximum atomic E-state index is 11.4. The molecule has 2 amide bonds. The van der Waals surface area contributed by atoms with E-state index in [0.717, 1.165) is 23.5 Å². The predicted octanol–water partition coefficient (Wildman–Crippen LogP) is 1.71. The second kappa shape index (κ2) is 8.66. The molecule has 106 valence electrons. The van der Waals surface area contributed by atoms with Gasteiger partial charge in [0.1, 0.15) is 0 Å². The van der Waals surface area contributed by atoms with Gasteiger partial charge < -0.3 is 16.0 Å². The average Bonchev–Trinajstić information content (AvgIpc) is 2.78. The van der Waals surface area contributed by atoms with Gasteiger partial charge in [0.05, 0.1) is 5.69 Å². The van der Waals surface area contributed by atoms with Crippen LogP contribution in [-0.4, -0.2) is 24.9 Å². The van der Waals surface area contributed by atoms with Crippen LogP contribution in [0.5, 0.6) is 0 Å². The summed E-state index contributed by atoms with van der Waals surface area (Å²) in [5.74, 6) is 0.00112. The second-order valence-corrected chi connectivity index (χ2v) is 5.22. The van der Waals surface area contributed by atoms with Gasteiger partial charge in [-0.2, -0.15) is 0 Å². The van der Waals surface area contributed by atoms with Crippen molar-refractivity contribution in [2.75, 3.05) is 18.4 Å². The van der Waals surface area contributed by atoms with Crippen molar-refractivity contribution in [1.29, 1.82) is 0 Å². The van der Waals surface area contributed by atoms with Gasteiger partial charge in [-0.25, -0.2) is 0 Å². The van der Waals surface area contributed by atoms with Crippen LogP contribution in [-0.2, 0) is 16.1 Å². The Morgan fingerprint density at radius 2 is 2.11 bits per heavy atom. The van der Waals surface area contributed by atoms with E-state index >= 15 is 0 Å². The number of amides is 2. The molecule has 0 saturated carbocycles. The van der Waals surface area contributed by atoms with Crippen molar-refractivity contribution in [1.82, 2.24) is 10.6 Å². The minimum absolute atomic E-state index is 0.0707. The number of hydrogen-bond acceptors (Lipinski definition) is 4. The molecule has 5 nitrogen and oxygen atoms in total. The summed E-state index contributed by atoms with van der Waals surface area (Å²) in [4.78, 5) is 23.4. The molecule has 0 aliphatic carbocycles. The summed E-state index contributed by atoms with van der Waals surface area (Å²) in [6.07, 6.45) is 1.43. The van der Waals surface area contributed by atoms with Gasteiger partial charge in [0.25, 0.3) is 0 Å². The first kappa shape index (κ1) is 15.7. The van der Waals surface area contributed by atoms with Crippen molar-refractivity contribution in [3.63, 3.8) is 0 Å². The van der Waals surface area contributed by atoms with E-state index in [2.05, 4.69) is 16.0 Å². The number of hydrogen-bond donors (Lipinski definition) is 3. The number of nitrogens with one attached hydrogen (secondary N) is 3. The van der Waals surface area contributed by atoms with Crippen LogP contribution in [0, 0.1) is 0 Å². The fraction of sp³-hybridized carbons (Fsp3) is 0.538. The third-order valence-corrected chi connectivity index (χ3v) is 3.36. The number of anilines is 1. The maximum absolute atomic E-state index is 11.4. The number of thiophene rings is 1. The summed E-state index contributed by atoms with van der Waals surface area (Å²) >= 11 is 1.59. The highest BCUT2D eigenvalue weighted by molar-refractivity contribution is 7.10. The van der Waals surface area contributed by atoms with Gasteiger partial charge in [0.2, 0.25) is 11.8 Å².